The summed E-state index contributed by atoms with van der Waals surface area (Å²) >= 11 is 0. The van der Waals surface area contributed by atoms with Crippen LogP contribution in [0.15, 0.2) is 72.9 Å². The quantitative estimate of drug-likeness (QED) is 0.334. The number of nitrogens with one attached hydrogen (secondary N) is 1. The lowest BCUT2D eigenvalue weighted by molar-refractivity contribution is -0.119. The number of aromatic nitrogens is 3. The van der Waals surface area contributed by atoms with Crippen LogP contribution in [0.1, 0.15) is 23.7 Å². The lowest BCUT2D eigenvalue weighted by atomic mass is 10.0. The highest BCUT2D eigenvalue weighted by Crippen LogP contribution is 2.35. The maximum absolute atomic E-state index is 15.3. The topological polar surface area (TPSA) is 92.6 Å². The molecule has 210 valence electrons. The second-order valence-corrected chi connectivity index (χ2v) is 10.4. The van der Waals surface area contributed by atoms with Crippen LogP contribution >= 0.6 is 0 Å². The Balaban J connectivity index is 1.11. The van der Waals surface area contributed by atoms with E-state index in [1.165, 1.54) is 29.0 Å². The number of carbonyl (C=O) groups is 2. The summed E-state index contributed by atoms with van der Waals surface area (Å²) in [4.78, 5) is 27.3. The molecule has 2 aliphatic rings. The van der Waals surface area contributed by atoms with Crippen molar-refractivity contribution in [2.75, 3.05) is 36.0 Å². The highest BCUT2D eigenvalue weighted by atomic mass is 19.1. The number of halogens is 1. The van der Waals surface area contributed by atoms with Crippen molar-refractivity contribution in [2.24, 2.45) is 0 Å². The third kappa shape index (κ3) is 5.77. The van der Waals surface area contributed by atoms with Crippen molar-refractivity contribution in [1.29, 1.82) is 0 Å². The van der Waals surface area contributed by atoms with Crippen molar-refractivity contribution in [3.63, 3.8) is 0 Å². The lowest BCUT2D eigenvalue weighted by Gasteiger charge is -2.20. The molecule has 0 radical (unpaired) electrons. The van der Waals surface area contributed by atoms with E-state index in [2.05, 4.69) is 44.8 Å². The molecule has 2 aliphatic heterocycles. The van der Waals surface area contributed by atoms with E-state index in [1.807, 2.05) is 35.1 Å². The zero-order chi connectivity index (χ0) is 28.3. The number of nitrogens with zero attached hydrogens (tertiary/aromatic N) is 5. The number of anilines is 2. The molecule has 1 fully saturated rings. The fourth-order valence-electron chi connectivity index (χ4n) is 5.48. The van der Waals surface area contributed by atoms with Crippen LogP contribution in [0.5, 0.6) is 0 Å². The molecule has 4 aromatic rings. The van der Waals surface area contributed by atoms with E-state index in [4.69, 9.17) is 4.74 Å². The number of hydrogen-bond donors (Lipinski definition) is 1. The standard InChI is InChI=1S/C31H31FN6O3/c1-21(39)33-18-27-20-37(31(40)41-27)25-8-9-28(29(32)16-25)23-7-10-30-24(15-23)11-13-36(30)14-12-26-17-34-35-38(26)19-22-5-3-2-4-6-22/h2-10,15-17,27H,11-14,18-20H2,1H3,(H,33,39)/t27-/m0/s1. The average Bonchev–Trinajstić information content (AvgIpc) is 3.69. The van der Waals surface area contributed by atoms with E-state index in [1.54, 1.807) is 12.1 Å². The average molecular weight is 555 g/mol. The Morgan fingerprint density at radius 3 is 2.78 bits per heavy atom. The minimum absolute atomic E-state index is 0.198. The Morgan fingerprint density at radius 1 is 1.12 bits per heavy atom. The fourth-order valence-corrected chi connectivity index (χ4v) is 5.48. The Kier molecular flexibility index (Phi) is 7.37. The van der Waals surface area contributed by atoms with Crippen LogP contribution in [0.3, 0.4) is 0 Å². The lowest BCUT2D eigenvalue weighted by Crippen LogP contribution is -2.33. The van der Waals surface area contributed by atoms with Crippen molar-refractivity contribution >= 4 is 23.4 Å². The first kappa shape index (κ1) is 26.5. The molecule has 0 unspecified atom stereocenters. The van der Waals surface area contributed by atoms with Gasteiger partial charge in [0.05, 0.1) is 37.2 Å². The monoisotopic (exact) mass is 554 g/mol. The van der Waals surface area contributed by atoms with Gasteiger partial charge in [-0.05, 0) is 53.4 Å². The van der Waals surface area contributed by atoms with Crippen LogP contribution in [-0.4, -0.2) is 59.3 Å². The molecule has 1 aromatic heterocycles. The SMILES string of the molecule is CC(=O)NC[C@H]1CN(c2ccc(-c3ccc4c(c3)CCN4CCc3cnnn3Cc3ccccc3)c(F)c2)C(=O)O1. The van der Waals surface area contributed by atoms with Gasteiger partial charge < -0.3 is 15.0 Å². The van der Waals surface area contributed by atoms with Crippen molar-refractivity contribution < 1.29 is 18.7 Å². The summed E-state index contributed by atoms with van der Waals surface area (Å²) in [6.07, 6.45) is 2.51. The summed E-state index contributed by atoms with van der Waals surface area (Å²) in [5.74, 6) is -0.606. The third-order valence-electron chi connectivity index (χ3n) is 7.61. The summed E-state index contributed by atoms with van der Waals surface area (Å²) in [7, 11) is 0. The van der Waals surface area contributed by atoms with Crippen molar-refractivity contribution in [3.8, 4) is 11.1 Å². The number of amides is 2. The summed E-state index contributed by atoms with van der Waals surface area (Å²) in [6.45, 7) is 4.30. The van der Waals surface area contributed by atoms with Gasteiger partial charge >= 0.3 is 6.09 Å². The fraction of sp³-hybridized carbons (Fsp3) is 0.290. The molecule has 0 bridgehead atoms. The number of cyclic esters (lactones) is 1. The van der Waals surface area contributed by atoms with Crippen LogP contribution in [0.4, 0.5) is 20.6 Å². The molecule has 0 aliphatic carbocycles. The van der Waals surface area contributed by atoms with E-state index in [0.29, 0.717) is 17.8 Å². The van der Waals surface area contributed by atoms with Gasteiger partial charge in [-0.2, -0.15) is 0 Å². The predicted molar refractivity (Wildman–Crippen MR) is 153 cm³/mol. The highest BCUT2D eigenvalue weighted by molar-refractivity contribution is 5.90. The van der Waals surface area contributed by atoms with Crippen LogP contribution < -0.4 is 15.1 Å². The number of fused-ring (bicyclic) bond motifs is 1. The molecule has 0 saturated carbocycles. The second kappa shape index (κ2) is 11.4. The Bertz CT molecular complexity index is 1570. The van der Waals surface area contributed by atoms with Gasteiger partial charge in [-0.15, -0.1) is 5.10 Å². The maximum Gasteiger partial charge on any atom is 0.414 e. The van der Waals surface area contributed by atoms with Crippen molar-refractivity contribution in [1.82, 2.24) is 20.3 Å². The minimum Gasteiger partial charge on any atom is -0.442 e. The molecule has 1 saturated heterocycles. The minimum atomic E-state index is -0.552. The highest BCUT2D eigenvalue weighted by Gasteiger charge is 2.33. The second-order valence-electron chi connectivity index (χ2n) is 10.4. The molecule has 1 atom stereocenters. The number of ether oxygens (including phenoxy) is 1. The van der Waals surface area contributed by atoms with Crippen molar-refractivity contribution in [2.45, 2.75) is 32.4 Å². The number of hydrogen-bond acceptors (Lipinski definition) is 6. The molecule has 2 amide bonds. The molecule has 0 spiro atoms. The van der Waals surface area contributed by atoms with Gasteiger partial charge in [0.25, 0.3) is 0 Å². The summed E-state index contributed by atoms with van der Waals surface area (Å²) in [5.41, 5.74) is 6.33. The van der Waals surface area contributed by atoms with Crippen molar-refractivity contribution in [3.05, 3.63) is 95.6 Å². The van der Waals surface area contributed by atoms with Crippen LogP contribution in [-0.2, 0) is 28.9 Å². The first-order valence-corrected chi connectivity index (χ1v) is 13.8. The Labute approximate surface area is 237 Å². The van der Waals surface area contributed by atoms with Gasteiger partial charge in [0, 0.05) is 37.7 Å². The number of benzene rings is 3. The number of rotatable bonds is 9. The predicted octanol–water partition coefficient (Wildman–Crippen LogP) is 4.20. The Morgan fingerprint density at radius 2 is 1.98 bits per heavy atom. The van der Waals surface area contributed by atoms with E-state index < -0.39 is 18.0 Å². The van der Waals surface area contributed by atoms with Gasteiger partial charge in [0.2, 0.25) is 5.91 Å². The van der Waals surface area contributed by atoms with E-state index in [0.717, 1.165) is 42.9 Å². The molecular weight excluding hydrogens is 523 g/mol. The summed E-state index contributed by atoms with van der Waals surface area (Å²) < 4.78 is 22.6. The smallest absolute Gasteiger partial charge is 0.414 e. The first-order chi connectivity index (χ1) is 19.9. The molecule has 1 N–H and O–H groups in total. The molecule has 6 rings (SSSR count). The van der Waals surface area contributed by atoms with Gasteiger partial charge in [0.15, 0.2) is 0 Å². The van der Waals surface area contributed by atoms with Gasteiger partial charge in [-0.25, -0.2) is 13.9 Å². The zero-order valence-electron chi connectivity index (χ0n) is 22.8. The maximum atomic E-state index is 15.3. The van der Waals surface area contributed by atoms with Gasteiger partial charge in [-0.3, -0.25) is 9.69 Å². The van der Waals surface area contributed by atoms with E-state index in [9.17, 15) is 9.59 Å². The first-order valence-electron chi connectivity index (χ1n) is 13.8. The summed E-state index contributed by atoms with van der Waals surface area (Å²) in [6, 6.07) is 21.1. The van der Waals surface area contributed by atoms with Gasteiger partial charge in [0.1, 0.15) is 11.9 Å². The molecule has 41 heavy (non-hydrogen) atoms. The number of carbonyl (C=O) groups excluding carboxylic acids is 2. The normalized spacial score (nSPS) is 16.1. The van der Waals surface area contributed by atoms with Gasteiger partial charge in [-0.1, -0.05) is 41.6 Å². The molecular formula is C31H31FN6O3. The zero-order valence-corrected chi connectivity index (χ0v) is 22.8. The molecule has 10 heteroatoms. The summed E-state index contributed by atoms with van der Waals surface area (Å²) in [5, 5.41) is 11.1. The Hall–Kier alpha value is -4.73. The van der Waals surface area contributed by atoms with E-state index in [-0.39, 0.29) is 19.0 Å². The third-order valence-corrected chi connectivity index (χ3v) is 7.61. The largest absolute Gasteiger partial charge is 0.442 e. The van der Waals surface area contributed by atoms with E-state index >= 15 is 4.39 Å². The molecule has 3 heterocycles. The van der Waals surface area contributed by atoms with Crippen LogP contribution in [0.2, 0.25) is 0 Å². The van der Waals surface area contributed by atoms with Crippen LogP contribution in [0, 0.1) is 5.82 Å². The molecule has 3 aromatic carbocycles. The molecule has 9 nitrogen and oxygen atoms in total. The van der Waals surface area contributed by atoms with Crippen LogP contribution in [0.25, 0.3) is 11.1 Å².